The van der Waals surface area contributed by atoms with Crippen molar-refractivity contribution >= 4 is 0 Å². The second-order valence-electron chi connectivity index (χ2n) is 5.91. The minimum absolute atomic E-state index is 0.682. The first-order chi connectivity index (χ1) is 12.2. The van der Waals surface area contributed by atoms with Crippen LogP contribution in [0.4, 0.5) is 0 Å². The fourth-order valence-corrected chi connectivity index (χ4v) is 3.07. The Morgan fingerprint density at radius 2 is 1.16 bits per heavy atom. The SMILES string of the molecule is CCOc1ccc(-c2cccc(C)c2-c2ccc(OCC)cc2)cc1. The molecule has 0 bridgehead atoms. The average molecular weight is 332 g/mol. The van der Waals surface area contributed by atoms with Crippen molar-refractivity contribution in [3.8, 4) is 33.8 Å². The van der Waals surface area contributed by atoms with E-state index in [0.29, 0.717) is 13.2 Å². The minimum Gasteiger partial charge on any atom is -0.494 e. The Balaban J connectivity index is 2.02. The smallest absolute Gasteiger partial charge is 0.119 e. The van der Waals surface area contributed by atoms with Crippen LogP contribution in [0.1, 0.15) is 19.4 Å². The predicted molar refractivity (Wildman–Crippen MR) is 104 cm³/mol. The van der Waals surface area contributed by atoms with E-state index in [1.807, 2.05) is 38.1 Å². The molecule has 0 aliphatic heterocycles. The highest BCUT2D eigenvalue weighted by molar-refractivity contribution is 5.85. The van der Waals surface area contributed by atoms with Crippen LogP contribution in [-0.2, 0) is 0 Å². The second kappa shape index (κ2) is 7.89. The van der Waals surface area contributed by atoms with Gasteiger partial charge in [-0.25, -0.2) is 0 Å². The molecule has 3 aromatic rings. The zero-order valence-electron chi connectivity index (χ0n) is 15.1. The van der Waals surface area contributed by atoms with Gasteiger partial charge >= 0.3 is 0 Å². The Kier molecular flexibility index (Phi) is 5.39. The summed E-state index contributed by atoms with van der Waals surface area (Å²) in [5.74, 6) is 1.81. The van der Waals surface area contributed by atoms with Crippen molar-refractivity contribution in [3.63, 3.8) is 0 Å². The van der Waals surface area contributed by atoms with Gasteiger partial charge in [-0.2, -0.15) is 0 Å². The minimum atomic E-state index is 0.682. The molecule has 2 nitrogen and oxygen atoms in total. The van der Waals surface area contributed by atoms with Crippen LogP contribution in [0, 0.1) is 6.92 Å². The van der Waals surface area contributed by atoms with Crippen LogP contribution in [0.2, 0.25) is 0 Å². The lowest BCUT2D eigenvalue weighted by molar-refractivity contribution is 0.340. The Hall–Kier alpha value is -2.74. The molecule has 0 spiro atoms. The second-order valence-corrected chi connectivity index (χ2v) is 5.91. The quantitative estimate of drug-likeness (QED) is 0.541. The van der Waals surface area contributed by atoms with Crippen molar-refractivity contribution in [1.82, 2.24) is 0 Å². The summed E-state index contributed by atoms with van der Waals surface area (Å²) in [5, 5.41) is 0. The van der Waals surface area contributed by atoms with Crippen LogP contribution < -0.4 is 9.47 Å². The molecule has 0 N–H and O–H groups in total. The maximum absolute atomic E-state index is 5.56. The van der Waals surface area contributed by atoms with Gasteiger partial charge in [0.1, 0.15) is 11.5 Å². The fraction of sp³-hybridized carbons (Fsp3) is 0.217. The summed E-state index contributed by atoms with van der Waals surface area (Å²) in [4.78, 5) is 0. The van der Waals surface area contributed by atoms with Crippen molar-refractivity contribution in [2.45, 2.75) is 20.8 Å². The van der Waals surface area contributed by atoms with Crippen molar-refractivity contribution < 1.29 is 9.47 Å². The van der Waals surface area contributed by atoms with Crippen molar-refractivity contribution in [2.75, 3.05) is 13.2 Å². The highest BCUT2D eigenvalue weighted by Crippen LogP contribution is 2.36. The number of benzene rings is 3. The van der Waals surface area contributed by atoms with Crippen molar-refractivity contribution in [2.24, 2.45) is 0 Å². The van der Waals surface area contributed by atoms with Crippen LogP contribution in [-0.4, -0.2) is 13.2 Å². The molecule has 0 heterocycles. The van der Waals surface area contributed by atoms with Crippen LogP contribution in [0.25, 0.3) is 22.3 Å². The van der Waals surface area contributed by atoms with E-state index in [1.54, 1.807) is 0 Å². The largest absolute Gasteiger partial charge is 0.494 e. The van der Waals surface area contributed by atoms with Gasteiger partial charge in [-0.15, -0.1) is 0 Å². The van der Waals surface area contributed by atoms with Gasteiger partial charge in [0.15, 0.2) is 0 Å². The summed E-state index contributed by atoms with van der Waals surface area (Å²) in [6.45, 7) is 7.52. The third-order valence-electron chi connectivity index (χ3n) is 4.20. The fourth-order valence-electron chi connectivity index (χ4n) is 3.07. The van der Waals surface area contributed by atoms with Gasteiger partial charge in [0.25, 0.3) is 0 Å². The molecule has 0 amide bonds. The molecule has 3 aromatic carbocycles. The Labute approximate surface area is 150 Å². The number of hydrogen-bond acceptors (Lipinski definition) is 2. The lowest BCUT2D eigenvalue weighted by Crippen LogP contribution is -1.93. The van der Waals surface area contributed by atoms with Crippen LogP contribution in [0.5, 0.6) is 11.5 Å². The molecule has 0 saturated heterocycles. The van der Waals surface area contributed by atoms with E-state index >= 15 is 0 Å². The summed E-state index contributed by atoms with van der Waals surface area (Å²) in [7, 11) is 0. The van der Waals surface area contributed by atoms with Gasteiger partial charge < -0.3 is 9.47 Å². The predicted octanol–water partition coefficient (Wildman–Crippen LogP) is 6.13. The van der Waals surface area contributed by atoms with Crippen LogP contribution in [0.15, 0.2) is 66.7 Å². The van der Waals surface area contributed by atoms with Gasteiger partial charge in [0.2, 0.25) is 0 Å². The zero-order valence-corrected chi connectivity index (χ0v) is 15.1. The summed E-state index contributed by atoms with van der Waals surface area (Å²) in [5.41, 5.74) is 6.14. The molecule has 0 fully saturated rings. The number of hydrogen-bond donors (Lipinski definition) is 0. The lowest BCUT2D eigenvalue weighted by Gasteiger charge is -2.14. The molecule has 25 heavy (non-hydrogen) atoms. The summed E-state index contributed by atoms with van der Waals surface area (Å²) in [6, 6.07) is 23.1. The molecule has 0 atom stereocenters. The van der Waals surface area contributed by atoms with Gasteiger partial charge in [-0.05, 0) is 72.9 Å². The topological polar surface area (TPSA) is 18.5 Å². The first-order valence-electron chi connectivity index (χ1n) is 8.79. The van der Waals surface area contributed by atoms with E-state index in [2.05, 4.69) is 49.4 Å². The Bertz CT molecular complexity index is 818. The summed E-state index contributed by atoms with van der Waals surface area (Å²) < 4.78 is 11.1. The molecule has 0 aromatic heterocycles. The highest BCUT2D eigenvalue weighted by atomic mass is 16.5. The highest BCUT2D eigenvalue weighted by Gasteiger charge is 2.10. The number of rotatable bonds is 6. The Morgan fingerprint density at radius 1 is 0.640 bits per heavy atom. The van der Waals surface area contributed by atoms with E-state index in [4.69, 9.17) is 9.47 Å². The lowest BCUT2D eigenvalue weighted by atomic mass is 9.91. The normalized spacial score (nSPS) is 10.5. The molecule has 2 heteroatoms. The molecule has 0 unspecified atom stereocenters. The third-order valence-corrected chi connectivity index (χ3v) is 4.20. The van der Waals surface area contributed by atoms with Crippen molar-refractivity contribution in [1.29, 1.82) is 0 Å². The summed E-state index contributed by atoms with van der Waals surface area (Å²) >= 11 is 0. The van der Waals surface area contributed by atoms with Gasteiger partial charge in [0.05, 0.1) is 13.2 Å². The van der Waals surface area contributed by atoms with E-state index in [9.17, 15) is 0 Å². The first kappa shape index (κ1) is 17.1. The molecular weight excluding hydrogens is 308 g/mol. The van der Waals surface area contributed by atoms with Gasteiger partial charge in [0, 0.05) is 0 Å². The first-order valence-corrected chi connectivity index (χ1v) is 8.79. The maximum Gasteiger partial charge on any atom is 0.119 e. The van der Waals surface area contributed by atoms with E-state index in [-0.39, 0.29) is 0 Å². The third kappa shape index (κ3) is 3.85. The van der Waals surface area contributed by atoms with Gasteiger partial charge in [-0.1, -0.05) is 42.5 Å². The van der Waals surface area contributed by atoms with E-state index in [1.165, 1.54) is 27.8 Å². The van der Waals surface area contributed by atoms with Gasteiger partial charge in [-0.3, -0.25) is 0 Å². The maximum atomic E-state index is 5.56. The molecule has 0 aliphatic carbocycles. The average Bonchev–Trinajstić information content (AvgIpc) is 2.64. The van der Waals surface area contributed by atoms with Crippen LogP contribution >= 0.6 is 0 Å². The zero-order chi connectivity index (χ0) is 17.6. The molecule has 0 aliphatic rings. The van der Waals surface area contributed by atoms with Crippen molar-refractivity contribution in [3.05, 3.63) is 72.3 Å². The molecular formula is C23H24O2. The molecule has 0 saturated carbocycles. The molecule has 3 rings (SSSR count). The van der Waals surface area contributed by atoms with Crippen LogP contribution in [0.3, 0.4) is 0 Å². The Morgan fingerprint density at radius 3 is 1.68 bits per heavy atom. The van der Waals surface area contributed by atoms with E-state index in [0.717, 1.165) is 11.5 Å². The summed E-state index contributed by atoms with van der Waals surface area (Å²) in [6.07, 6.45) is 0. The number of aryl methyl sites for hydroxylation is 1. The number of ether oxygens (including phenoxy) is 2. The molecule has 128 valence electrons. The standard InChI is InChI=1S/C23H24O2/c1-4-24-20-13-9-18(10-14-20)22-8-6-7-17(3)23(22)19-11-15-21(16-12-19)25-5-2/h6-16H,4-5H2,1-3H3. The van der Waals surface area contributed by atoms with E-state index < -0.39 is 0 Å². The molecule has 0 radical (unpaired) electrons. The monoisotopic (exact) mass is 332 g/mol.